The molecule has 1 saturated heterocycles. The first-order valence-electron chi connectivity index (χ1n) is 5.61. The molecule has 2 N–H and O–H groups in total. The lowest BCUT2D eigenvalue weighted by atomic mass is 10.2. The zero-order chi connectivity index (χ0) is 10.5. The monoisotopic (exact) mass is 210 g/mol. The third-order valence-electron chi connectivity index (χ3n) is 2.79. The standard InChI is InChI=1S/C11H18N2O2/c14-11(13-9-3-1-2-4-9)7-10-8-12-5-6-15-10/h1-2,9-10,12H,3-8H2,(H,13,14). The molecule has 0 spiro atoms. The maximum absolute atomic E-state index is 11.6. The Morgan fingerprint density at radius 3 is 2.93 bits per heavy atom. The van der Waals surface area contributed by atoms with Gasteiger partial charge in [-0.25, -0.2) is 0 Å². The summed E-state index contributed by atoms with van der Waals surface area (Å²) in [5.41, 5.74) is 0. The number of ether oxygens (including phenoxy) is 1. The Hall–Kier alpha value is -0.870. The van der Waals surface area contributed by atoms with Gasteiger partial charge in [0.05, 0.1) is 19.1 Å². The normalized spacial score (nSPS) is 26.8. The van der Waals surface area contributed by atoms with E-state index in [-0.39, 0.29) is 12.0 Å². The Morgan fingerprint density at radius 1 is 1.47 bits per heavy atom. The van der Waals surface area contributed by atoms with Gasteiger partial charge >= 0.3 is 0 Å². The molecule has 0 aromatic carbocycles. The van der Waals surface area contributed by atoms with Crippen LogP contribution in [-0.2, 0) is 9.53 Å². The maximum atomic E-state index is 11.6. The van der Waals surface area contributed by atoms with Gasteiger partial charge in [-0.05, 0) is 12.8 Å². The van der Waals surface area contributed by atoms with Crippen molar-refractivity contribution in [1.29, 1.82) is 0 Å². The Bertz CT molecular complexity index is 239. The maximum Gasteiger partial charge on any atom is 0.222 e. The van der Waals surface area contributed by atoms with Crippen molar-refractivity contribution >= 4 is 5.91 Å². The van der Waals surface area contributed by atoms with Crippen LogP contribution in [0.15, 0.2) is 12.2 Å². The molecular formula is C11H18N2O2. The molecule has 15 heavy (non-hydrogen) atoms. The third kappa shape index (κ3) is 3.32. The number of nitrogens with one attached hydrogen (secondary N) is 2. The van der Waals surface area contributed by atoms with Crippen LogP contribution in [-0.4, -0.2) is 37.7 Å². The van der Waals surface area contributed by atoms with E-state index in [0.717, 1.165) is 25.9 Å². The van der Waals surface area contributed by atoms with E-state index in [4.69, 9.17) is 4.74 Å². The topological polar surface area (TPSA) is 50.4 Å². The van der Waals surface area contributed by atoms with E-state index in [1.54, 1.807) is 0 Å². The van der Waals surface area contributed by atoms with Crippen molar-refractivity contribution in [2.45, 2.75) is 31.4 Å². The number of hydrogen-bond donors (Lipinski definition) is 2. The van der Waals surface area contributed by atoms with E-state index in [1.165, 1.54) is 0 Å². The molecule has 1 unspecified atom stereocenters. The van der Waals surface area contributed by atoms with E-state index in [1.807, 2.05) is 0 Å². The number of amides is 1. The van der Waals surface area contributed by atoms with Crippen molar-refractivity contribution in [3.63, 3.8) is 0 Å². The largest absolute Gasteiger partial charge is 0.375 e. The SMILES string of the molecule is O=C(CC1CNCCO1)NC1CC=CC1. The minimum absolute atomic E-state index is 0.0492. The molecule has 1 heterocycles. The minimum Gasteiger partial charge on any atom is -0.375 e. The van der Waals surface area contributed by atoms with E-state index in [2.05, 4.69) is 22.8 Å². The number of carbonyl (C=O) groups excluding carboxylic acids is 1. The molecule has 2 rings (SSSR count). The average molecular weight is 210 g/mol. The average Bonchev–Trinajstić information content (AvgIpc) is 2.71. The van der Waals surface area contributed by atoms with Crippen molar-refractivity contribution in [2.75, 3.05) is 19.7 Å². The Morgan fingerprint density at radius 2 is 2.27 bits per heavy atom. The smallest absolute Gasteiger partial charge is 0.222 e. The summed E-state index contributed by atoms with van der Waals surface area (Å²) in [7, 11) is 0. The minimum atomic E-state index is 0.0492. The molecule has 0 aromatic rings. The predicted molar refractivity (Wildman–Crippen MR) is 57.5 cm³/mol. The molecule has 1 atom stereocenters. The summed E-state index contributed by atoms with van der Waals surface area (Å²) >= 11 is 0. The summed E-state index contributed by atoms with van der Waals surface area (Å²) < 4.78 is 5.47. The first-order valence-corrected chi connectivity index (χ1v) is 5.61. The molecule has 2 aliphatic rings. The van der Waals surface area contributed by atoms with Crippen LogP contribution in [0.2, 0.25) is 0 Å². The van der Waals surface area contributed by atoms with Crippen molar-refractivity contribution < 1.29 is 9.53 Å². The van der Waals surface area contributed by atoms with Gasteiger partial charge in [0, 0.05) is 19.1 Å². The van der Waals surface area contributed by atoms with Gasteiger partial charge in [-0.3, -0.25) is 4.79 Å². The highest BCUT2D eigenvalue weighted by Gasteiger charge is 2.19. The van der Waals surface area contributed by atoms with Crippen molar-refractivity contribution in [1.82, 2.24) is 10.6 Å². The van der Waals surface area contributed by atoms with Gasteiger partial charge in [0.2, 0.25) is 5.91 Å². The van der Waals surface area contributed by atoms with Crippen molar-refractivity contribution in [2.24, 2.45) is 0 Å². The van der Waals surface area contributed by atoms with E-state index in [9.17, 15) is 4.79 Å². The lowest BCUT2D eigenvalue weighted by Crippen LogP contribution is -2.42. The summed E-state index contributed by atoms with van der Waals surface area (Å²) in [6, 6.07) is 0.314. The van der Waals surface area contributed by atoms with Gasteiger partial charge in [0.15, 0.2) is 0 Å². The van der Waals surface area contributed by atoms with Crippen LogP contribution in [0.3, 0.4) is 0 Å². The van der Waals surface area contributed by atoms with Gasteiger partial charge in [-0.2, -0.15) is 0 Å². The third-order valence-corrected chi connectivity index (χ3v) is 2.79. The number of rotatable bonds is 3. The molecule has 0 aromatic heterocycles. The van der Waals surface area contributed by atoms with Crippen LogP contribution in [0.4, 0.5) is 0 Å². The van der Waals surface area contributed by atoms with E-state index in [0.29, 0.717) is 19.1 Å². The fourth-order valence-electron chi connectivity index (χ4n) is 1.98. The molecule has 0 saturated carbocycles. The quantitative estimate of drug-likeness (QED) is 0.654. The van der Waals surface area contributed by atoms with Crippen LogP contribution in [0.1, 0.15) is 19.3 Å². The number of carbonyl (C=O) groups is 1. The number of hydrogen-bond acceptors (Lipinski definition) is 3. The van der Waals surface area contributed by atoms with Gasteiger partial charge in [0.25, 0.3) is 0 Å². The first kappa shape index (κ1) is 10.6. The van der Waals surface area contributed by atoms with Crippen LogP contribution < -0.4 is 10.6 Å². The lowest BCUT2D eigenvalue weighted by molar-refractivity contribution is -0.125. The molecule has 1 amide bonds. The molecule has 1 aliphatic heterocycles. The molecule has 1 aliphatic carbocycles. The van der Waals surface area contributed by atoms with Crippen LogP contribution in [0.25, 0.3) is 0 Å². The summed E-state index contributed by atoms with van der Waals surface area (Å²) in [5.74, 6) is 0.109. The van der Waals surface area contributed by atoms with Gasteiger partial charge in [-0.1, -0.05) is 12.2 Å². The summed E-state index contributed by atoms with van der Waals surface area (Å²) in [4.78, 5) is 11.6. The predicted octanol–water partition coefficient (Wildman–Crippen LogP) is 0.200. The fourth-order valence-corrected chi connectivity index (χ4v) is 1.98. The summed E-state index contributed by atoms with van der Waals surface area (Å²) in [5, 5.41) is 6.23. The summed E-state index contributed by atoms with van der Waals surface area (Å²) in [6.07, 6.45) is 6.69. The zero-order valence-corrected chi connectivity index (χ0v) is 8.87. The van der Waals surface area contributed by atoms with Gasteiger partial charge in [0.1, 0.15) is 0 Å². The van der Waals surface area contributed by atoms with Crippen LogP contribution in [0, 0.1) is 0 Å². The number of morpholine rings is 1. The van der Waals surface area contributed by atoms with Crippen molar-refractivity contribution in [3.05, 3.63) is 12.2 Å². The second kappa shape index (κ2) is 5.28. The fraction of sp³-hybridized carbons (Fsp3) is 0.727. The highest BCUT2D eigenvalue weighted by molar-refractivity contribution is 5.76. The second-order valence-electron chi connectivity index (χ2n) is 4.11. The Labute approximate surface area is 90.1 Å². The van der Waals surface area contributed by atoms with Crippen molar-refractivity contribution in [3.8, 4) is 0 Å². The molecular weight excluding hydrogens is 192 g/mol. The molecule has 0 bridgehead atoms. The highest BCUT2D eigenvalue weighted by Crippen LogP contribution is 2.10. The Balaban J connectivity index is 1.67. The van der Waals surface area contributed by atoms with Crippen LogP contribution >= 0.6 is 0 Å². The highest BCUT2D eigenvalue weighted by atomic mass is 16.5. The Kier molecular flexibility index (Phi) is 3.75. The second-order valence-corrected chi connectivity index (χ2v) is 4.11. The molecule has 4 heteroatoms. The summed E-state index contributed by atoms with van der Waals surface area (Å²) in [6.45, 7) is 2.39. The molecule has 4 nitrogen and oxygen atoms in total. The van der Waals surface area contributed by atoms with E-state index >= 15 is 0 Å². The van der Waals surface area contributed by atoms with Crippen LogP contribution in [0.5, 0.6) is 0 Å². The van der Waals surface area contributed by atoms with E-state index < -0.39 is 0 Å². The zero-order valence-electron chi connectivity index (χ0n) is 8.87. The molecule has 84 valence electrons. The molecule has 1 fully saturated rings. The van der Waals surface area contributed by atoms with Gasteiger partial charge in [-0.15, -0.1) is 0 Å². The van der Waals surface area contributed by atoms with Gasteiger partial charge < -0.3 is 15.4 Å². The lowest BCUT2D eigenvalue weighted by Gasteiger charge is -2.23. The first-order chi connectivity index (χ1) is 7.34. The molecule has 0 radical (unpaired) electrons.